The molecule has 1 heteroatoms. The molecule has 0 heterocycles. The molecule has 0 aromatic rings. The van der Waals surface area contributed by atoms with Gasteiger partial charge < -0.3 is 0 Å². The van der Waals surface area contributed by atoms with Crippen molar-refractivity contribution in [3.8, 4) is 0 Å². The average Bonchev–Trinajstić information content (AvgIpc) is 2.57. The number of carbonyl (C=O) groups excluding carboxylic acids is 1. The van der Waals surface area contributed by atoms with Gasteiger partial charge in [0.15, 0.2) is 0 Å². The van der Waals surface area contributed by atoms with E-state index in [-0.39, 0.29) is 0 Å². The van der Waals surface area contributed by atoms with Gasteiger partial charge in [-0.25, -0.2) is 0 Å². The Bertz CT molecular complexity index is 203. The minimum absolute atomic E-state index is 0.530. The first-order valence-electron chi connectivity index (χ1n) is 4.35. The van der Waals surface area contributed by atoms with Crippen molar-refractivity contribution in [3.05, 3.63) is 0 Å². The molecule has 0 radical (unpaired) electrons. The van der Waals surface area contributed by atoms with Crippen LogP contribution in [0, 0.1) is 17.3 Å². The van der Waals surface area contributed by atoms with Crippen molar-refractivity contribution >= 4 is 5.78 Å². The summed E-state index contributed by atoms with van der Waals surface area (Å²) < 4.78 is 0. The monoisotopic (exact) mass is 136 g/mol. The van der Waals surface area contributed by atoms with Crippen LogP contribution in [0.5, 0.6) is 0 Å². The molecule has 1 nitrogen and oxygen atoms in total. The second-order valence-corrected chi connectivity index (χ2v) is 4.28. The fraction of sp³-hybridized carbons (Fsp3) is 0.889. The second-order valence-electron chi connectivity index (χ2n) is 4.28. The van der Waals surface area contributed by atoms with E-state index in [4.69, 9.17) is 0 Å². The van der Waals surface area contributed by atoms with Crippen LogP contribution in [0.2, 0.25) is 0 Å². The summed E-state index contributed by atoms with van der Waals surface area (Å²) in [4.78, 5) is 11.0. The Balaban J connectivity index is 1.92. The molecule has 1 spiro atoms. The van der Waals surface area contributed by atoms with Crippen molar-refractivity contribution in [1.29, 1.82) is 0 Å². The van der Waals surface area contributed by atoms with Gasteiger partial charge in [-0.3, -0.25) is 4.79 Å². The lowest BCUT2D eigenvalue weighted by molar-refractivity contribution is -0.134. The first-order valence-corrected chi connectivity index (χ1v) is 4.35. The molecule has 10 heavy (non-hydrogen) atoms. The van der Waals surface area contributed by atoms with Gasteiger partial charge in [0.25, 0.3) is 0 Å². The topological polar surface area (TPSA) is 17.1 Å². The van der Waals surface area contributed by atoms with Gasteiger partial charge in [0.05, 0.1) is 0 Å². The predicted octanol–water partition coefficient (Wildman–Crippen LogP) is 1.77. The van der Waals surface area contributed by atoms with Crippen LogP contribution < -0.4 is 0 Å². The summed E-state index contributed by atoms with van der Waals surface area (Å²) in [6.07, 6.45) is 6.39. The van der Waals surface area contributed by atoms with Gasteiger partial charge in [0.2, 0.25) is 0 Å². The standard InChI is InChI=1S/C9H12O/c10-8-5-7-6(8)1-2-9(7)3-4-9/h6-7H,1-5H2/t6-,7-/m1/s1. The summed E-state index contributed by atoms with van der Waals surface area (Å²) in [5, 5.41) is 0. The van der Waals surface area contributed by atoms with Gasteiger partial charge >= 0.3 is 0 Å². The van der Waals surface area contributed by atoms with E-state index in [2.05, 4.69) is 0 Å². The van der Waals surface area contributed by atoms with Crippen LogP contribution in [0.25, 0.3) is 0 Å². The molecule has 3 aliphatic carbocycles. The minimum Gasteiger partial charge on any atom is -0.299 e. The minimum atomic E-state index is 0.530. The maximum atomic E-state index is 11.0. The fourth-order valence-corrected chi connectivity index (χ4v) is 2.99. The van der Waals surface area contributed by atoms with Gasteiger partial charge in [-0.2, -0.15) is 0 Å². The number of Topliss-reactive ketones (excluding diaryl/α,β-unsaturated/α-hetero) is 1. The summed E-state index contributed by atoms with van der Waals surface area (Å²) in [7, 11) is 0. The predicted molar refractivity (Wildman–Crippen MR) is 37.5 cm³/mol. The summed E-state index contributed by atoms with van der Waals surface area (Å²) >= 11 is 0. The molecular formula is C9H12O. The largest absolute Gasteiger partial charge is 0.299 e. The Morgan fingerprint density at radius 1 is 1.30 bits per heavy atom. The highest BCUT2D eigenvalue weighted by atomic mass is 16.1. The van der Waals surface area contributed by atoms with Crippen molar-refractivity contribution in [2.75, 3.05) is 0 Å². The normalized spacial score (nSPS) is 47.0. The van der Waals surface area contributed by atoms with Crippen LogP contribution >= 0.6 is 0 Å². The number of hydrogen-bond donors (Lipinski definition) is 0. The smallest absolute Gasteiger partial charge is 0.136 e. The van der Waals surface area contributed by atoms with Crippen LogP contribution in [0.15, 0.2) is 0 Å². The first kappa shape index (κ1) is 5.34. The summed E-state index contributed by atoms with van der Waals surface area (Å²) in [5.41, 5.74) is 0.721. The van der Waals surface area contributed by atoms with Gasteiger partial charge in [-0.05, 0) is 37.0 Å². The lowest BCUT2D eigenvalue weighted by atomic mass is 9.70. The molecule has 0 N–H and O–H groups in total. The van der Waals surface area contributed by atoms with Crippen LogP contribution in [0.1, 0.15) is 32.1 Å². The molecule has 0 aromatic heterocycles. The number of rotatable bonds is 0. The molecule has 0 bridgehead atoms. The van der Waals surface area contributed by atoms with E-state index in [0.717, 1.165) is 17.8 Å². The molecule has 0 aliphatic heterocycles. The van der Waals surface area contributed by atoms with E-state index in [1.165, 1.54) is 25.7 Å². The highest BCUT2D eigenvalue weighted by Gasteiger charge is 2.62. The molecule has 2 atom stereocenters. The third-order valence-electron chi connectivity index (χ3n) is 3.95. The molecule has 3 rings (SSSR count). The molecule has 0 unspecified atom stereocenters. The van der Waals surface area contributed by atoms with E-state index in [1.807, 2.05) is 0 Å². The lowest BCUT2D eigenvalue weighted by Crippen LogP contribution is -2.36. The number of fused-ring (bicyclic) bond motifs is 2. The van der Waals surface area contributed by atoms with Crippen molar-refractivity contribution in [1.82, 2.24) is 0 Å². The zero-order valence-corrected chi connectivity index (χ0v) is 6.10. The van der Waals surface area contributed by atoms with Crippen LogP contribution in [-0.4, -0.2) is 5.78 Å². The molecule has 3 saturated carbocycles. The molecule has 54 valence electrons. The summed E-state index contributed by atoms with van der Waals surface area (Å²) in [6, 6.07) is 0. The maximum Gasteiger partial charge on any atom is 0.136 e. The van der Waals surface area contributed by atoms with Crippen molar-refractivity contribution in [2.45, 2.75) is 32.1 Å². The van der Waals surface area contributed by atoms with Gasteiger partial charge in [-0.1, -0.05) is 0 Å². The fourth-order valence-electron chi connectivity index (χ4n) is 2.99. The third-order valence-corrected chi connectivity index (χ3v) is 3.95. The Labute approximate surface area is 60.8 Å². The van der Waals surface area contributed by atoms with Crippen LogP contribution in [0.3, 0.4) is 0 Å². The van der Waals surface area contributed by atoms with E-state index in [0.29, 0.717) is 11.7 Å². The Morgan fingerprint density at radius 3 is 2.60 bits per heavy atom. The highest BCUT2D eigenvalue weighted by Crippen LogP contribution is 2.68. The molecule has 3 aliphatic rings. The van der Waals surface area contributed by atoms with Crippen molar-refractivity contribution in [2.24, 2.45) is 17.3 Å². The Hall–Kier alpha value is -0.330. The quantitative estimate of drug-likeness (QED) is 0.496. The van der Waals surface area contributed by atoms with E-state index in [9.17, 15) is 4.79 Å². The van der Waals surface area contributed by atoms with Gasteiger partial charge in [-0.15, -0.1) is 0 Å². The zero-order valence-electron chi connectivity index (χ0n) is 6.10. The Kier molecular flexibility index (Phi) is 0.704. The summed E-state index contributed by atoms with van der Waals surface area (Å²) in [5.74, 6) is 1.94. The van der Waals surface area contributed by atoms with Gasteiger partial charge in [0.1, 0.15) is 5.78 Å². The molecule has 0 amide bonds. The number of hydrogen-bond acceptors (Lipinski definition) is 1. The molecule has 0 saturated heterocycles. The summed E-state index contributed by atoms with van der Waals surface area (Å²) in [6.45, 7) is 0. The second kappa shape index (κ2) is 1.32. The SMILES string of the molecule is O=C1C[C@@H]2[C@H]1CCC21CC1. The number of ketones is 1. The van der Waals surface area contributed by atoms with E-state index in [1.54, 1.807) is 0 Å². The van der Waals surface area contributed by atoms with Crippen molar-refractivity contribution in [3.63, 3.8) is 0 Å². The zero-order chi connectivity index (χ0) is 6.77. The molecule has 3 fully saturated rings. The van der Waals surface area contributed by atoms with E-state index >= 15 is 0 Å². The first-order chi connectivity index (χ1) is 4.82. The van der Waals surface area contributed by atoms with Crippen LogP contribution in [-0.2, 0) is 4.79 Å². The lowest BCUT2D eigenvalue weighted by Gasteiger charge is -2.32. The van der Waals surface area contributed by atoms with Crippen molar-refractivity contribution < 1.29 is 4.79 Å². The van der Waals surface area contributed by atoms with Crippen LogP contribution in [0.4, 0.5) is 0 Å². The number of carbonyl (C=O) groups is 1. The van der Waals surface area contributed by atoms with Gasteiger partial charge in [0, 0.05) is 12.3 Å². The van der Waals surface area contributed by atoms with E-state index < -0.39 is 0 Å². The molecule has 0 aromatic carbocycles. The maximum absolute atomic E-state index is 11.0. The Morgan fingerprint density at radius 2 is 2.10 bits per heavy atom. The highest BCUT2D eigenvalue weighted by molar-refractivity contribution is 5.88. The third kappa shape index (κ3) is 0.415. The molecular weight excluding hydrogens is 124 g/mol. The average molecular weight is 136 g/mol.